The molecule has 1 aromatic rings. The Kier molecular flexibility index (Phi) is 3.00. The van der Waals surface area contributed by atoms with Gasteiger partial charge in [-0.05, 0) is 15.9 Å². The third kappa shape index (κ3) is 1.82. The van der Waals surface area contributed by atoms with Gasteiger partial charge in [-0.15, -0.1) is 0 Å². The van der Waals surface area contributed by atoms with Gasteiger partial charge in [-0.3, -0.25) is 0 Å². The summed E-state index contributed by atoms with van der Waals surface area (Å²) in [6, 6.07) is 0. The molecule has 1 aromatic heterocycles. The number of alkyl halides is 2. The van der Waals surface area contributed by atoms with E-state index in [9.17, 15) is 13.6 Å². The van der Waals surface area contributed by atoms with Gasteiger partial charge in [-0.2, -0.15) is 0 Å². The molecule has 14 heavy (non-hydrogen) atoms. The summed E-state index contributed by atoms with van der Waals surface area (Å²) in [6.07, 6.45) is -2.14. The smallest absolute Gasteiger partial charge is 0.337 e. The Morgan fingerprint density at radius 1 is 1.64 bits per heavy atom. The van der Waals surface area contributed by atoms with Crippen LogP contribution in [-0.2, 0) is 0 Å². The van der Waals surface area contributed by atoms with Crippen LogP contribution in [0.4, 0.5) is 14.6 Å². The first-order valence-corrected chi connectivity index (χ1v) is 4.19. The standard InChI is InChI=1S/C7H5BrF2N2O2/c8-4-3(7(13)14)2(5(9)10)1-12-6(4)11/h1,5H,(H2,11,12)(H,13,14). The molecule has 0 aliphatic heterocycles. The molecular formula is C7H5BrF2N2O2. The van der Waals surface area contributed by atoms with Crippen molar-refractivity contribution in [2.45, 2.75) is 6.43 Å². The normalized spacial score (nSPS) is 10.6. The van der Waals surface area contributed by atoms with Crippen molar-refractivity contribution in [3.8, 4) is 0 Å². The van der Waals surface area contributed by atoms with Crippen molar-refractivity contribution in [3.05, 3.63) is 21.8 Å². The summed E-state index contributed by atoms with van der Waals surface area (Å²) in [5.74, 6) is -1.60. The van der Waals surface area contributed by atoms with Crippen LogP contribution in [-0.4, -0.2) is 16.1 Å². The van der Waals surface area contributed by atoms with Crippen molar-refractivity contribution in [1.82, 2.24) is 4.98 Å². The molecule has 1 rings (SSSR count). The van der Waals surface area contributed by atoms with Crippen LogP contribution in [0.1, 0.15) is 22.3 Å². The highest BCUT2D eigenvalue weighted by atomic mass is 79.9. The molecule has 0 bridgehead atoms. The lowest BCUT2D eigenvalue weighted by molar-refractivity contribution is 0.0683. The summed E-state index contributed by atoms with van der Waals surface area (Å²) in [5.41, 5.74) is 4.06. The number of anilines is 1. The van der Waals surface area contributed by atoms with Crippen LogP contribution in [0.5, 0.6) is 0 Å². The van der Waals surface area contributed by atoms with E-state index >= 15 is 0 Å². The fourth-order valence-corrected chi connectivity index (χ4v) is 1.40. The number of nitrogen functional groups attached to an aromatic ring is 1. The number of carboxylic acids is 1. The summed E-state index contributed by atoms with van der Waals surface area (Å²) in [7, 11) is 0. The molecule has 4 nitrogen and oxygen atoms in total. The second-order valence-corrected chi connectivity index (χ2v) is 3.19. The van der Waals surface area contributed by atoms with Crippen molar-refractivity contribution >= 4 is 27.7 Å². The topological polar surface area (TPSA) is 76.2 Å². The molecular weight excluding hydrogens is 262 g/mol. The molecule has 0 saturated carbocycles. The third-order valence-corrected chi connectivity index (χ3v) is 2.33. The first-order valence-electron chi connectivity index (χ1n) is 3.40. The van der Waals surface area contributed by atoms with Crippen molar-refractivity contribution in [2.75, 3.05) is 5.73 Å². The van der Waals surface area contributed by atoms with Gasteiger partial charge in [0.1, 0.15) is 5.82 Å². The summed E-state index contributed by atoms with van der Waals surface area (Å²) in [6.45, 7) is 0. The number of hydrogen-bond donors (Lipinski definition) is 2. The molecule has 1 heterocycles. The third-order valence-electron chi connectivity index (χ3n) is 1.52. The highest BCUT2D eigenvalue weighted by molar-refractivity contribution is 9.10. The van der Waals surface area contributed by atoms with Gasteiger partial charge < -0.3 is 10.8 Å². The van der Waals surface area contributed by atoms with E-state index in [0.29, 0.717) is 0 Å². The number of aromatic carboxylic acids is 1. The van der Waals surface area contributed by atoms with Gasteiger partial charge in [0.25, 0.3) is 6.43 Å². The fourth-order valence-electron chi connectivity index (χ4n) is 0.898. The van der Waals surface area contributed by atoms with E-state index < -0.39 is 23.5 Å². The molecule has 0 unspecified atom stereocenters. The first kappa shape index (κ1) is 10.8. The van der Waals surface area contributed by atoms with Gasteiger partial charge >= 0.3 is 5.97 Å². The lowest BCUT2D eigenvalue weighted by Gasteiger charge is -2.07. The fraction of sp³-hybridized carbons (Fsp3) is 0.143. The number of hydrogen-bond acceptors (Lipinski definition) is 3. The SMILES string of the molecule is Nc1ncc(C(F)F)c(C(=O)O)c1Br. The summed E-state index contributed by atoms with van der Waals surface area (Å²) in [4.78, 5) is 14.1. The monoisotopic (exact) mass is 266 g/mol. The first-order chi connectivity index (χ1) is 6.45. The number of nitrogens with two attached hydrogens (primary N) is 1. The largest absolute Gasteiger partial charge is 0.478 e. The van der Waals surface area contributed by atoms with Crippen LogP contribution in [0, 0.1) is 0 Å². The second kappa shape index (κ2) is 3.87. The number of pyridine rings is 1. The maximum Gasteiger partial charge on any atom is 0.337 e. The molecule has 0 radical (unpaired) electrons. The molecule has 7 heteroatoms. The van der Waals surface area contributed by atoms with Crippen LogP contribution in [0.15, 0.2) is 10.7 Å². The zero-order valence-electron chi connectivity index (χ0n) is 6.67. The lowest BCUT2D eigenvalue weighted by Crippen LogP contribution is -2.07. The predicted octanol–water partition coefficient (Wildman–Crippen LogP) is 2.06. The molecule has 0 spiro atoms. The Labute approximate surface area is 85.9 Å². The van der Waals surface area contributed by atoms with Crippen LogP contribution in [0.25, 0.3) is 0 Å². The summed E-state index contributed by atoms with van der Waals surface area (Å²) < 4.78 is 24.5. The molecule has 0 aliphatic carbocycles. The van der Waals surface area contributed by atoms with Gasteiger partial charge in [-0.1, -0.05) is 0 Å². The highest BCUT2D eigenvalue weighted by Gasteiger charge is 2.22. The quantitative estimate of drug-likeness (QED) is 0.859. The Balaban J connectivity index is 3.45. The maximum atomic E-state index is 12.3. The maximum absolute atomic E-state index is 12.3. The van der Waals surface area contributed by atoms with Crippen molar-refractivity contribution < 1.29 is 18.7 Å². The Morgan fingerprint density at radius 2 is 2.21 bits per heavy atom. The minimum atomic E-state index is -2.90. The van der Waals surface area contributed by atoms with Crippen molar-refractivity contribution in [3.63, 3.8) is 0 Å². The molecule has 0 amide bonds. The lowest BCUT2D eigenvalue weighted by atomic mass is 10.1. The van der Waals surface area contributed by atoms with Gasteiger partial charge in [0.15, 0.2) is 0 Å². The number of nitrogens with zero attached hydrogens (tertiary/aromatic N) is 1. The average molecular weight is 267 g/mol. The molecule has 76 valence electrons. The molecule has 0 saturated heterocycles. The predicted molar refractivity (Wildman–Crippen MR) is 48.3 cm³/mol. The molecule has 0 aromatic carbocycles. The van der Waals surface area contributed by atoms with E-state index in [4.69, 9.17) is 10.8 Å². The Hall–Kier alpha value is -1.24. The number of rotatable bonds is 2. The average Bonchev–Trinajstić information content (AvgIpc) is 2.08. The Bertz CT molecular complexity index is 384. The molecule has 0 fully saturated rings. The number of halogens is 3. The zero-order valence-corrected chi connectivity index (χ0v) is 8.25. The van der Waals surface area contributed by atoms with Crippen LogP contribution < -0.4 is 5.73 Å². The van der Waals surface area contributed by atoms with Gasteiger partial charge in [0, 0.05) is 6.20 Å². The number of aromatic nitrogens is 1. The van der Waals surface area contributed by atoms with E-state index in [0.717, 1.165) is 6.20 Å². The Morgan fingerprint density at radius 3 is 2.64 bits per heavy atom. The van der Waals surface area contributed by atoms with E-state index in [2.05, 4.69) is 20.9 Å². The van der Waals surface area contributed by atoms with Crippen LogP contribution in [0.3, 0.4) is 0 Å². The van der Waals surface area contributed by atoms with Gasteiger partial charge in [0.05, 0.1) is 15.6 Å². The van der Waals surface area contributed by atoms with Crippen molar-refractivity contribution in [2.24, 2.45) is 0 Å². The molecule has 3 N–H and O–H groups in total. The van der Waals surface area contributed by atoms with E-state index in [-0.39, 0.29) is 10.3 Å². The van der Waals surface area contributed by atoms with Crippen molar-refractivity contribution in [1.29, 1.82) is 0 Å². The minimum absolute atomic E-state index is 0.122. The van der Waals surface area contributed by atoms with Gasteiger partial charge in [0.2, 0.25) is 0 Å². The number of carboxylic acid groups (broad SMARTS) is 1. The highest BCUT2D eigenvalue weighted by Crippen LogP contribution is 2.30. The van der Waals surface area contributed by atoms with E-state index in [1.165, 1.54) is 0 Å². The zero-order chi connectivity index (χ0) is 10.9. The molecule has 0 atom stereocenters. The second-order valence-electron chi connectivity index (χ2n) is 2.39. The van der Waals surface area contributed by atoms with E-state index in [1.54, 1.807) is 0 Å². The number of carbonyl (C=O) groups is 1. The van der Waals surface area contributed by atoms with Crippen LogP contribution >= 0.6 is 15.9 Å². The summed E-state index contributed by atoms with van der Waals surface area (Å²) >= 11 is 2.80. The van der Waals surface area contributed by atoms with Gasteiger partial charge in [-0.25, -0.2) is 18.6 Å². The molecule has 0 aliphatic rings. The van der Waals surface area contributed by atoms with E-state index in [1.807, 2.05) is 0 Å². The minimum Gasteiger partial charge on any atom is -0.478 e. The van der Waals surface area contributed by atoms with Crippen LogP contribution in [0.2, 0.25) is 0 Å². The summed E-state index contributed by atoms with van der Waals surface area (Å²) in [5, 5.41) is 8.67.